The van der Waals surface area contributed by atoms with Crippen LogP contribution in [0.1, 0.15) is 0 Å². The van der Waals surface area contributed by atoms with Crippen molar-refractivity contribution < 1.29 is 0 Å². The molecule has 3 heterocycles. The molecule has 0 atom stereocenters. The fourth-order valence-electron chi connectivity index (χ4n) is 3.27. The fourth-order valence-corrected chi connectivity index (χ4v) is 3.27. The molecule has 0 amide bonds. The van der Waals surface area contributed by atoms with Crippen molar-refractivity contribution in [2.45, 2.75) is 0 Å². The first-order chi connectivity index (χ1) is 12.3. The summed E-state index contributed by atoms with van der Waals surface area (Å²) >= 11 is 0. The van der Waals surface area contributed by atoms with E-state index >= 15 is 0 Å². The zero-order chi connectivity index (χ0) is 16.8. The molecule has 4 nitrogen and oxygen atoms in total. The van der Waals surface area contributed by atoms with Crippen molar-refractivity contribution in [3.8, 4) is 11.1 Å². The normalized spacial score (nSPS) is 11.4. The third-order valence-electron chi connectivity index (χ3n) is 4.43. The predicted molar refractivity (Wildman–Crippen MR) is 99.7 cm³/mol. The Balaban J connectivity index is 2.08. The first-order valence-corrected chi connectivity index (χ1v) is 8.07. The molecule has 2 aromatic carbocycles. The number of hydrogen-bond acceptors (Lipinski definition) is 3. The molecule has 5 aromatic rings. The van der Waals surface area contributed by atoms with Gasteiger partial charge in [-0.3, -0.25) is 4.79 Å². The van der Waals surface area contributed by atoms with Crippen molar-refractivity contribution in [1.29, 1.82) is 0 Å². The lowest BCUT2D eigenvalue weighted by Gasteiger charge is -2.11. The molecule has 25 heavy (non-hydrogen) atoms. The van der Waals surface area contributed by atoms with Gasteiger partial charge in [-0.25, -0.2) is 14.4 Å². The molecule has 3 aromatic heterocycles. The quantitative estimate of drug-likeness (QED) is 0.345. The summed E-state index contributed by atoms with van der Waals surface area (Å²) in [6, 6.07) is 23.3. The van der Waals surface area contributed by atoms with Crippen LogP contribution in [-0.2, 0) is 0 Å². The first kappa shape index (κ1) is 13.9. The molecule has 0 saturated carbocycles. The average Bonchev–Trinajstić information content (AvgIpc) is 2.68. The van der Waals surface area contributed by atoms with Gasteiger partial charge in [-0.15, -0.1) is 0 Å². The summed E-state index contributed by atoms with van der Waals surface area (Å²) in [5.74, 6) is 0. The minimum Gasteiger partial charge on any atom is -0.268 e. The number of hydrogen-bond donors (Lipinski definition) is 0. The van der Waals surface area contributed by atoms with E-state index in [2.05, 4.69) is 4.98 Å². The lowest BCUT2D eigenvalue weighted by molar-refractivity contribution is 1.10. The third-order valence-corrected chi connectivity index (χ3v) is 4.43. The summed E-state index contributed by atoms with van der Waals surface area (Å²) in [5, 5.41) is 1.50. The highest BCUT2D eigenvalue weighted by molar-refractivity contribution is 5.92. The van der Waals surface area contributed by atoms with Crippen LogP contribution in [-0.4, -0.2) is 14.4 Å². The van der Waals surface area contributed by atoms with Gasteiger partial charge in [-0.1, -0.05) is 42.5 Å². The molecule has 118 valence electrons. The number of para-hydroxylation sites is 1. The number of rotatable bonds is 1. The lowest BCUT2D eigenvalue weighted by atomic mass is 10.0. The van der Waals surface area contributed by atoms with Gasteiger partial charge in [0.2, 0.25) is 0 Å². The number of nitrogens with zero attached hydrogens (tertiary/aromatic N) is 3. The molecule has 0 unspecified atom stereocenters. The molecular weight excluding hydrogens is 310 g/mol. The Kier molecular flexibility index (Phi) is 2.91. The Labute approximate surface area is 143 Å². The van der Waals surface area contributed by atoms with Crippen LogP contribution in [0.2, 0.25) is 0 Å². The second kappa shape index (κ2) is 5.24. The zero-order valence-corrected chi connectivity index (χ0v) is 13.3. The Morgan fingerprint density at radius 2 is 1.60 bits per heavy atom. The van der Waals surface area contributed by atoms with Gasteiger partial charge in [0, 0.05) is 17.1 Å². The zero-order valence-electron chi connectivity index (χ0n) is 13.3. The van der Waals surface area contributed by atoms with Gasteiger partial charge in [-0.05, 0) is 35.9 Å². The first-order valence-electron chi connectivity index (χ1n) is 8.07. The van der Waals surface area contributed by atoms with E-state index in [4.69, 9.17) is 4.98 Å². The van der Waals surface area contributed by atoms with Crippen LogP contribution in [0.15, 0.2) is 83.8 Å². The number of aromatic nitrogens is 3. The predicted octanol–water partition coefficient (Wildman–Crippen LogP) is 4.06. The largest absolute Gasteiger partial charge is 0.268 e. The Morgan fingerprint density at radius 1 is 0.800 bits per heavy atom. The van der Waals surface area contributed by atoms with Gasteiger partial charge in [0.05, 0.1) is 10.9 Å². The van der Waals surface area contributed by atoms with Crippen LogP contribution >= 0.6 is 0 Å². The Morgan fingerprint density at radius 3 is 2.48 bits per heavy atom. The second-order valence-electron chi connectivity index (χ2n) is 5.93. The molecule has 0 saturated heterocycles. The number of fused-ring (bicyclic) bond motifs is 4. The van der Waals surface area contributed by atoms with E-state index in [0.717, 1.165) is 16.5 Å². The van der Waals surface area contributed by atoms with Crippen molar-refractivity contribution in [1.82, 2.24) is 14.4 Å². The van der Waals surface area contributed by atoms with Crippen LogP contribution in [0, 0.1) is 0 Å². The molecule has 0 aliphatic rings. The summed E-state index contributed by atoms with van der Waals surface area (Å²) in [6.07, 6.45) is 1.70. The maximum atomic E-state index is 13.2. The fraction of sp³-hybridized carbons (Fsp3) is 0. The van der Waals surface area contributed by atoms with E-state index in [0.29, 0.717) is 22.2 Å². The maximum absolute atomic E-state index is 13.2. The summed E-state index contributed by atoms with van der Waals surface area (Å²) in [5.41, 5.74) is 3.79. The lowest BCUT2D eigenvalue weighted by Crippen LogP contribution is -2.17. The molecule has 5 rings (SSSR count). The highest BCUT2D eigenvalue weighted by Gasteiger charge is 2.14. The SMILES string of the molecule is O=c1c2ccccc2nc2c(-c3ccccc3)cc3cccnc3n12. The van der Waals surface area contributed by atoms with Crippen molar-refractivity contribution in [2.75, 3.05) is 0 Å². The smallest absolute Gasteiger partial charge is 0.267 e. The third kappa shape index (κ3) is 2.04. The number of pyridine rings is 2. The van der Waals surface area contributed by atoms with Crippen LogP contribution in [0.4, 0.5) is 0 Å². The molecule has 0 bridgehead atoms. The van der Waals surface area contributed by atoms with E-state index in [1.807, 2.05) is 66.7 Å². The van der Waals surface area contributed by atoms with Gasteiger partial charge >= 0.3 is 0 Å². The van der Waals surface area contributed by atoms with Crippen molar-refractivity contribution in [2.24, 2.45) is 0 Å². The Hall–Kier alpha value is -3.53. The Bertz CT molecular complexity index is 1310. The molecular formula is C21H13N3O. The van der Waals surface area contributed by atoms with E-state index in [9.17, 15) is 4.79 Å². The van der Waals surface area contributed by atoms with Crippen molar-refractivity contribution in [3.63, 3.8) is 0 Å². The van der Waals surface area contributed by atoms with E-state index < -0.39 is 0 Å². The molecule has 4 heteroatoms. The van der Waals surface area contributed by atoms with Crippen LogP contribution < -0.4 is 5.56 Å². The van der Waals surface area contributed by atoms with E-state index in [-0.39, 0.29) is 5.56 Å². The van der Waals surface area contributed by atoms with Crippen LogP contribution in [0.25, 0.3) is 38.7 Å². The van der Waals surface area contributed by atoms with Crippen molar-refractivity contribution in [3.05, 3.63) is 89.3 Å². The van der Waals surface area contributed by atoms with Gasteiger partial charge in [-0.2, -0.15) is 0 Å². The van der Waals surface area contributed by atoms with Gasteiger partial charge < -0.3 is 0 Å². The van der Waals surface area contributed by atoms with Gasteiger partial charge in [0.15, 0.2) is 0 Å². The summed E-state index contributed by atoms with van der Waals surface area (Å²) in [4.78, 5) is 22.4. The van der Waals surface area contributed by atoms with E-state index in [1.54, 1.807) is 16.7 Å². The average molecular weight is 323 g/mol. The molecule has 0 aliphatic heterocycles. The molecule has 0 radical (unpaired) electrons. The van der Waals surface area contributed by atoms with E-state index in [1.165, 1.54) is 0 Å². The summed E-state index contributed by atoms with van der Waals surface area (Å²) in [6.45, 7) is 0. The maximum Gasteiger partial charge on any atom is 0.267 e. The minimum absolute atomic E-state index is 0.0953. The molecule has 0 aliphatic carbocycles. The molecule has 0 fully saturated rings. The summed E-state index contributed by atoms with van der Waals surface area (Å²) < 4.78 is 1.62. The van der Waals surface area contributed by atoms with Crippen LogP contribution in [0.3, 0.4) is 0 Å². The van der Waals surface area contributed by atoms with Gasteiger partial charge in [0.25, 0.3) is 5.56 Å². The number of benzene rings is 2. The second-order valence-corrected chi connectivity index (χ2v) is 5.93. The van der Waals surface area contributed by atoms with Gasteiger partial charge in [0.1, 0.15) is 11.3 Å². The highest BCUT2D eigenvalue weighted by Crippen LogP contribution is 2.27. The minimum atomic E-state index is -0.0953. The standard InChI is InChI=1S/C21H13N3O/c25-21-16-10-4-5-11-18(16)23-20-17(14-7-2-1-3-8-14)13-15-9-6-12-22-19(15)24(20)21/h1-13H. The van der Waals surface area contributed by atoms with Crippen molar-refractivity contribution >= 4 is 27.6 Å². The van der Waals surface area contributed by atoms with Crippen LogP contribution in [0.5, 0.6) is 0 Å². The molecule has 0 spiro atoms. The highest BCUT2D eigenvalue weighted by atomic mass is 16.1. The summed E-state index contributed by atoms with van der Waals surface area (Å²) in [7, 11) is 0. The molecule has 0 N–H and O–H groups in total. The topological polar surface area (TPSA) is 47.3 Å². The monoisotopic (exact) mass is 323 g/mol.